The van der Waals surface area contributed by atoms with Gasteiger partial charge in [0.05, 0.1) is 6.20 Å². The van der Waals surface area contributed by atoms with Gasteiger partial charge < -0.3 is 10.1 Å². The van der Waals surface area contributed by atoms with Crippen LogP contribution in [0, 0.1) is 0 Å². The first-order valence-electron chi connectivity index (χ1n) is 7.46. The summed E-state index contributed by atoms with van der Waals surface area (Å²) < 4.78 is 5.61. The number of hydrogen-bond donors (Lipinski definition) is 1. The lowest BCUT2D eigenvalue weighted by atomic mass is 10.0. The number of nitrogens with zero attached hydrogens (tertiary/aromatic N) is 2. The van der Waals surface area contributed by atoms with Crippen LogP contribution >= 0.6 is 0 Å². The van der Waals surface area contributed by atoms with E-state index in [4.69, 9.17) is 4.74 Å². The Labute approximate surface area is 138 Å². The van der Waals surface area contributed by atoms with Crippen LogP contribution in [0.2, 0.25) is 0 Å². The number of rotatable bonds is 3. The molecule has 0 bridgehead atoms. The number of para-hydroxylation sites is 1. The third-order valence-electron chi connectivity index (χ3n) is 3.66. The van der Waals surface area contributed by atoms with Crippen molar-refractivity contribution >= 4 is 23.2 Å². The van der Waals surface area contributed by atoms with Gasteiger partial charge in [0, 0.05) is 29.2 Å². The molecule has 1 aliphatic rings. The maximum atomic E-state index is 12.1. The van der Waals surface area contributed by atoms with Crippen molar-refractivity contribution in [3.63, 3.8) is 0 Å². The number of anilines is 1. The minimum Gasteiger partial charge on any atom is -0.438 e. The fraction of sp³-hybridized carbons (Fsp3) is 0. The Morgan fingerprint density at radius 2 is 1.83 bits per heavy atom. The van der Waals surface area contributed by atoms with Crippen LogP contribution in [0.15, 0.2) is 67.1 Å². The lowest BCUT2D eigenvalue weighted by Gasteiger charge is -2.04. The minimum absolute atomic E-state index is 0.0870. The largest absolute Gasteiger partial charge is 0.438 e. The standard InChI is InChI=1S/C19H13N3O2/c23-19-16(15-3-1-2-4-17(15)22-19)11-13-5-7-14(8-6-13)24-18-12-20-9-10-21-18/h1-12H,(H,22,23). The predicted octanol–water partition coefficient (Wildman–Crippen LogP) is 3.76. The number of ether oxygens (including phenoxy) is 1. The molecule has 2 heterocycles. The van der Waals surface area contributed by atoms with Crippen molar-refractivity contribution in [2.75, 3.05) is 5.32 Å². The first-order chi connectivity index (χ1) is 11.8. The van der Waals surface area contributed by atoms with Gasteiger partial charge in [-0.1, -0.05) is 30.3 Å². The number of hydrogen-bond acceptors (Lipinski definition) is 4. The zero-order valence-electron chi connectivity index (χ0n) is 12.6. The van der Waals surface area contributed by atoms with Crippen LogP contribution in [0.25, 0.3) is 11.6 Å². The van der Waals surface area contributed by atoms with Gasteiger partial charge in [0.1, 0.15) is 5.75 Å². The molecule has 0 atom stereocenters. The molecule has 1 aliphatic heterocycles. The monoisotopic (exact) mass is 315 g/mol. The smallest absolute Gasteiger partial charge is 0.256 e. The Balaban J connectivity index is 1.59. The van der Waals surface area contributed by atoms with E-state index >= 15 is 0 Å². The second kappa shape index (κ2) is 5.96. The van der Waals surface area contributed by atoms with Crippen LogP contribution in [0.3, 0.4) is 0 Å². The van der Waals surface area contributed by atoms with Crippen molar-refractivity contribution in [1.29, 1.82) is 0 Å². The van der Waals surface area contributed by atoms with Crippen molar-refractivity contribution in [3.8, 4) is 11.6 Å². The van der Waals surface area contributed by atoms with E-state index in [1.54, 1.807) is 18.6 Å². The summed E-state index contributed by atoms with van der Waals surface area (Å²) in [5.74, 6) is 1.01. The van der Waals surface area contributed by atoms with E-state index < -0.39 is 0 Å². The molecule has 5 heteroatoms. The topological polar surface area (TPSA) is 64.1 Å². The molecule has 0 unspecified atom stereocenters. The summed E-state index contributed by atoms with van der Waals surface area (Å²) in [7, 11) is 0. The molecule has 0 aliphatic carbocycles. The van der Waals surface area contributed by atoms with Gasteiger partial charge in [-0.05, 0) is 29.8 Å². The summed E-state index contributed by atoms with van der Waals surface area (Å²) >= 11 is 0. The Hall–Kier alpha value is -3.47. The summed E-state index contributed by atoms with van der Waals surface area (Å²) in [6, 6.07) is 15.1. The molecule has 0 spiro atoms. The summed E-state index contributed by atoms with van der Waals surface area (Å²) in [6.45, 7) is 0. The third kappa shape index (κ3) is 2.75. The van der Waals surface area contributed by atoms with Gasteiger partial charge in [-0.15, -0.1) is 0 Å². The van der Waals surface area contributed by atoms with Crippen molar-refractivity contribution in [3.05, 3.63) is 78.2 Å². The van der Waals surface area contributed by atoms with Gasteiger partial charge in [0.25, 0.3) is 5.91 Å². The molecule has 1 N–H and O–H groups in total. The molecule has 3 aromatic rings. The fourth-order valence-electron chi connectivity index (χ4n) is 2.54. The van der Waals surface area contributed by atoms with Gasteiger partial charge in [-0.2, -0.15) is 0 Å². The van der Waals surface area contributed by atoms with Crippen LogP contribution in [0.5, 0.6) is 11.6 Å². The van der Waals surface area contributed by atoms with Crippen LogP contribution in [0.4, 0.5) is 5.69 Å². The molecule has 5 nitrogen and oxygen atoms in total. The van der Waals surface area contributed by atoms with Crippen molar-refractivity contribution in [2.45, 2.75) is 0 Å². The first-order valence-corrected chi connectivity index (χ1v) is 7.46. The lowest BCUT2D eigenvalue weighted by Crippen LogP contribution is -2.03. The maximum absolute atomic E-state index is 12.1. The Morgan fingerprint density at radius 1 is 1.00 bits per heavy atom. The van der Waals surface area contributed by atoms with Crippen LogP contribution < -0.4 is 10.1 Å². The van der Waals surface area contributed by atoms with E-state index in [1.807, 2.05) is 54.6 Å². The fourth-order valence-corrected chi connectivity index (χ4v) is 2.54. The quantitative estimate of drug-likeness (QED) is 0.747. The highest BCUT2D eigenvalue weighted by atomic mass is 16.5. The maximum Gasteiger partial charge on any atom is 0.256 e. The zero-order chi connectivity index (χ0) is 16.4. The molecule has 1 amide bonds. The first kappa shape index (κ1) is 14.1. The molecule has 4 rings (SSSR count). The number of aromatic nitrogens is 2. The highest BCUT2D eigenvalue weighted by Crippen LogP contribution is 2.32. The summed E-state index contributed by atoms with van der Waals surface area (Å²) in [6.07, 6.45) is 6.58. The number of fused-ring (bicyclic) bond motifs is 1. The SMILES string of the molecule is O=C1Nc2ccccc2C1=Cc1ccc(Oc2cnccn2)cc1. The molecule has 116 valence electrons. The Bertz CT molecular complexity index is 919. The number of nitrogens with one attached hydrogen (secondary N) is 1. The molecular formula is C19H13N3O2. The van der Waals surface area contributed by atoms with Crippen LogP contribution in [-0.4, -0.2) is 15.9 Å². The molecule has 1 aromatic heterocycles. The summed E-state index contributed by atoms with van der Waals surface area (Å²) in [5.41, 5.74) is 3.34. The normalized spacial score (nSPS) is 14.3. The van der Waals surface area contributed by atoms with Crippen LogP contribution in [0.1, 0.15) is 11.1 Å². The van der Waals surface area contributed by atoms with E-state index in [-0.39, 0.29) is 5.91 Å². The van der Waals surface area contributed by atoms with Gasteiger partial charge in [-0.25, -0.2) is 4.98 Å². The minimum atomic E-state index is -0.0870. The molecule has 0 fully saturated rings. The summed E-state index contributed by atoms with van der Waals surface area (Å²) in [4.78, 5) is 20.1. The molecule has 0 radical (unpaired) electrons. The van der Waals surface area contributed by atoms with E-state index in [0.717, 1.165) is 16.8 Å². The number of amides is 1. The van der Waals surface area contributed by atoms with E-state index in [1.165, 1.54) is 0 Å². The number of benzene rings is 2. The van der Waals surface area contributed by atoms with Gasteiger partial charge in [-0.3, -0.25) is 9.78 Å². The average Bonchev–Trinajstić information content (AvgIpc) is 2.93. The second-order valence-electron chi connectivity index (χ2n) is 5.27. The van der Waals surface area contributed by atoms with Crippen molar-refractivity contribution < 1.29 is 9.53 Å². The highest BCUT2D eigenvalue weighted by Gasteiger charge is 2.23. The highest BCUT2D eigenvalue weighted by molar-refractivity contribution is 6.34. The molecule has 2 aromatic carbocycles. The van der Waals surface area contributed by atoms with Crippen molar-refractivity contribution in [1.82, 2.24) is 9.97 Å². The van der Waals surface area contributed by atoms with Crippen LogP contribution in [-0.2, 0) is 4.79 Å². The van der Waals surface area contributed by atoms with Gasteiger partial charge in [0.15, 0.2) is 0 Å². The summed E-state index contributed by atoms with van der Waals surface area (Å²) in [5, 5.41) is 2.86. The van der Waals surface area contributed by atoms with E-state index in [9.17, 15) is 4.79 Å². The van der Waals surface area contributed by atoms with Crippen molar-refractivity contribution in [2.24, 2.45) is 0 Å². The molecule has 24 heavy (non-hydrogen) atoms. The van der Waals surface area contributed by atoms with E-state index in [0.29, 0.717) is 17.2 Å². The predicted molar refractivity (Wildman–Crippen MR) is 91.5 cm³/mol. The lowest BCUT2D eigenvalue weighted by molar-refractivity contribution is -0.110. The molecule has 0 saturated carbocycles. The Morgan fingerprint density at radius 3 is 2.62 bits per heavy atom. The average molecular weight is 315 g/mol. The molecule has 0 saturated heterocycles. The van der Waals surface area contributed by atoms with Gasteiger partial charge in [0.2, 0.25) is 5.88 Å². The van der Waals surface area contributed by atoms with E-state index in [2.05, 4.69) is 15.3 Å². The zero-order valence-corrected chi connectivity index (χ0v) is 12.6. The second-order valence-corrected chi connectivity index (χ2v) is 5.27. The Kier molecular flexibility index (Phi) is 3.51. The number of carbonyl (C=O) groups excluding carboxylic acids is 1. The molecular weight excluding hydrogens is 302 g/mol. The number of carbonyl (C=O) groups is 1. The third-order valence-corrected chi connectivity index (χ3v) is 3.66. The van der Waals surface area contributed by atoms with Gasteiger partial charge >= 0.3 is 0 Å².